The van der Waals surface area contributed by atoms with Crippen LogP contribution in [-0.2, 0) is 17.6 Å². The highest BCUT2D eigenvalue weighted by molar-refractivity contribution is 6.30. The van der Waals surface area contributed by atoms with Gasteiger partial charge in [-0.05, 0) is 36.4 Å². The Balaban J connectivity index is 1.25. The predicted octanol–water partition coefficient (Wildman–Crippen LogP) is 3.33. The Bertz CT molecular complexity index is 1090. The molecule has 3 aromatic heterocycles. The van der Waals surface area contributed by atoms with E-state index in [1.807, 2.05) is 40.9 Å². The minimum Gasteiger partial charge on any atom is -0.441 e. The Morgan fingerprint density at radius 2 is 1.96 bits per heavy atom. The molecule has 0 atom stereocenters. The summed E-state index contributed by atoms with van der Waals surface area (Å²) in [5.41, 5.74) is 1.69. The molecule has 0 aliphatic carbocycles. The lowest BCUT2D eigenvalue weighted by molar-refractivity contribution is -0.121. The Labute approximate surface area is 166 Å². The highest BCUT2D eigenvalue weighted by Crippen LogP contribution is 2.22. The third-order valence-corrected chi connectivity index (χ3v) is 4.56. The molecule has 0 saturated heterocycles. The first-order valence-electron chi connectivity index (χ1n) is 8.95. The number of aryl methyl sites for hydroxylation is 1. The molecule has 0 unspecified atom stereocenters. The molecule has 1 N–H and O–H groups in total. The summed E-state index contributed by atoms with van der Waals surface area (Å²) in [4.78, 5) is 16.3. The van der Waals surface area contributed by atoms with Crippen LogP contribution in [0.2, 0.25) is 5.02 Å². The molecule has 7 nitrogen and oxygen atoms in total. The van der Waals surface area contributed by atoms with Crippen molar-refractivity contribution < 1.29 is 9.21 Å². The van der Waals surface area contributed by atoms with Crippen molar-refractivity contribution in [3.63, 3.8) is 0 Å². The number of halogens is 1. The van der Waals surface area contributed by atoms with Crippen molar-refractivity contribution in [1.82, 2.24) is 24.9 Å². The average molecular weight is 396 g/mol. The van der Waals surface area contributed by atoms with E-state index in [0.29, 0.717) is 42.5 Å². The topological polar surface area (TPSA) is 85.3 Å². The lowest BCUT2D eigenvalue weighted by atomic mass is 10.2. The third-order valence-electron chi connectivity index (χ3n) is 4.30. The number of nitrogens with zero attached hydrogens (tertiary/aromatic N) is 4. The molecule has 142 valence electrons. The van der Waals surface area contributed by atoms with Crippen molar-refractivity contribution in [2.45, 2.75) is 19.3 Å². The van der Waals surface area contributed by atoms with Crippen molar-refractivity contribution in [2.24, 2.45) is 0 Å². The fourth-order valence-corrected chi connectivity index (χ4v) is 2.98. The summed E-state index contributed by atoms with van der Waals surface area (Å²) in [5.74, 6) is 1.95. The molecule has 3 heterocycles. The van der Waals surface area contributed by atoms with Crippen LogP contribution in [0.25, 0.3) is 17.0 Å². The van der Waals surface area contributed by atoms with Gasteiger partial charge in [-0.1, -0.05) is 17.7 Å². The molecule has 4 aromatic rings. The maximum atomic E-state index is 12.1. The largest absolute Gasteiger partial charge is 0.441 e. The van der Waals surface area contributed by atoms with Gasteiger partial charge in [-0.3, -0.25) is 9.20 Å². The summed E-state index contributed by atoms with van der Waals surface area (Å²) in [6, 6.07) is 13.1. The number of carbonyl (C=O) groups excluding carboxylic acids is 1. The second kappa shape index (κ2) is 8.22. The number of fused-ring (bicyclic) bond motifs is 1. The Hall–Kier alpha value is -3.19. The van der Waals surface area contributed by atoms with Crippen LogP contribution >= 0.6 is 11.6 Å². The molecular weight excluding hydrogens is 378 g/mol. The molecule has 4 rings (SSSR count). The van der Waals surface area contributed by atoms with Gasteiger partial charge in [0.2, 0.25) is 5.91 Å². The molecule has 1 amide bonds. The van der Waals surface area contributed by atoms with Gasteiger partial charge in [0.25, 0.3) is 0 Å². The van der Waals surface area contributed by atoms with Crippen molar-refractivity contribution in [1.29, 1.82) is 0 Å². The zero-order valence-electron chi connectivity index (χ0n) is 15.0. The molecule has 0 spiro atoms. The molecule has 0 radical (unpaired) electrons. The zero-order chi connectivity index (χ0) is 19.3. The summed E-state index contributed by atoms with van der Waals surface area (Å²) in [7, 11) is 0. The van der Waals surface area contributed by atoms with Crippen molar-refractivity contribution in [3.8, 4) is 11.3 Å². The van der Waals surface area contributed by atoms with E-state index < -0.39 is 0 Å². The quantitative estimate of drug-likeness (QED) is 0.518. The number of pyridine rings is 1. The summed E-state index contributed by atoms with van der Waals surface area (Å²) in [6.07, 6.45) is 4.92. The normalized spacial score (nSPS) is 11.0. The third kappa shape index (κ3) is 4.20. The minimum absolute atomic E-state index is 0.0555. The molecule has 8 heteroatoms. The number of aromatic nitrogens is 4. The Morgan fingerprint density at radius 3 is 2.82 bits per heavy atom. The van der Waals surface area contributed by atoms with E-state index in [0.717, 1.165) is 17.0 Å². The van der Waals surface area contributed by atoms with Crippen LogP contribution in [0.3, 0.4) is 0 Å². The second-order valence-electron chi connectivity index (χ2n) is 6.27. The molecule has 0 saturated carbocycles. The van der Waals surface area contributed by atoms with Crippen LogP contribution < -0.4 is 5.32 Å². The van der Waals surface area contributed by atoms with E-state index in [4.69, 9.17) is 16.0 Å². The average Bonchev–Trinajstić information content (AvgIpc) is 3.35. The number of oxazole rings is 1. The maximum absolute atomic E-state index is 12.1. The van der Waals surface area contributed by atoms with Crippen LogP contribution in [0.15, 0.2) is 59.3 Å². The van der Waals surface area contributed by atoms with E-state index in [1.54, 1.807) is 18.3 Å². The molecule has 0 fully saturated rings. The second-order valence-corrected chi connectivity index (χ2v) is 6.71. The highest BCUT2D eigenvalue weighted by Gasteiger charge is 2.10. The van der Waals surface area contributed by atoms with Gasteiger partial charge in [0.05, 0.1) is 6.20 Å². The number of amides is 1. The number of carbonyl (C=O) groups is 1. The summed E-state index contributed by atoms with van der Waals surface area (Å²) in [5, 5.41) is 11.8. The van der Waals surface area contributed by atoms with Gasteiger partial charge in [0.1, 0.15) is 5.82 Å². The number of nitrogens with one attached hydrogen (secondary N) is 1. The van der Waals surface area contributed by atoms with Gasteiger partial charge in [-0.15, -0.1) is 10.2 Å². The van der Waals surface area contributed by atoms with Crippen molar-refractivity contribution in [3.05, 3.63) is 71.6 Å². The zero-order valence-corrected chi connectivity index (χ0v) is 15.8. The van der Waals surface area contributed by atoms with E-state index >= 15 is 0 Å². The fraction of sp³-hybridized carbons (Fsp3) is 0.200. The van der Waals surface area contributed by atoms with Gasteiger partial charge in [-0.2, -0.15) is 0 Å². The molecule has 28 heavy (non-hydrogen) atoms. The van der Waals surface area contributed by atoms with Gasteiger partial charge in [-0.25, -0.2) is 4.98 Å². The molecule has 1 aromatic carbocycles. The lowest BCUT2D eigenvalue weighted by Crippen LogP contribution is -2.26. The maximum Gasteiger partial charge on any atom is 0.220 e. The van der Waals surface area contributed by atoms with Crippen LogP contribution in [0.5, 0.6) is 0 Å². The van der Waals surface area contributed by atoms with Gasteiger partial charge in [0.15, 0.2) is 17.3 Å². The van der Waals surface area contributed by atoms with Gasteiger partial charge >= 0.3 is 0 Å². The van der Waals surface area contributed by atoms with Crippen LogP contribution in [0, 0.1) is 0 Å². The molecular formula is C20H18ClN5O2. The number of rotatable bonds is 7. The van der Waals surface area contributed by atoms with Crippen molar-refractivity contribution >= 4 is 23.2 Å². The van der Waals surface area contributed by atoms with Crippen molar-refractivity contribution in [2.75, 3.05) is 6.54 Å². The first-order valence-corrected chi connectivity index (χ1v) is 9.33. The molecule has 0 aliphatic heterocycles. The molecule has 0 bridgehead atoms. The van der Waals surface area contributed by atoms with E-state index in [1.165, 1.54) is 0 Å². The Morgan fingerprint density at radius 1 is 1.11 bits per heavy atom. The van der Waals surface area contributed by atoms with E-state index in [2.05, 4.69) is 20.5 Å². The summed E-state index contributed by atoms with van der Waals surface area (Å²) < 4.78 is 7.63. The predicted molar refractivity (Wildman–Crippen MR) is 105 cm³/mol. The Kier molecular flexibility index (Phi) is 5.34. The van der Waals surface area contributed by atoms with E-state index in [-0.39, 0.29) is 5.91 Å². The smallest absolute Gasteiger partial charge is 0.220 e. The SMILES string of the molecule is O=C(CCc1ncc(-c2ccc(Cl)cc2)o1)NCCc1nnc2ccccn12. The van der Waals surface area contributed by atoms with E-state index in [9.17, 15) is 4.79 Å². The van der Waals surface area contributed by atoms with Crippen LogP contribution in [0.1, 0.15) is 18.1 Å². The number of hydrogen-bond acceptors (Lipinski definition) is 5. The number of benzene rings is 1. The summed E-state index contributed by atoms with van der Waals surface area (Å²) in [6.45, 7) is 0.496. The fourth-order valence-electron chi connectivity index (χ4n) is 2.86. The first-order chi connectivity index (χ1) is 13.7. The highest BCUT2D eigenvalue weighted by atomic mass is 35.5. The van der Waals surface area contributed by atoms with Crippen LogP contribution in [-0.4, -0.2) is 32.0 Å². The van der Waals surface area contributed by atoms with Crippen LogP contribution in [0.4, 0.5) is 0 Å². The minimum atomic E-state index is -0.0555. The monoisotopic (exact) mass is 395 g/mol. The summed E-state index contributed by atoms with van der Waals surface area (Å²) >= 11 is 5.89. The van der Waals surface area contributed by atoms with Gasteiger partial charge < -0.3 is 9.73 Å². The lowest BCUT2D eigenvalue weighted by Gasteiger charge is -2.03. The number of hydrogen-bond donors (Lipinski definition) is 1. The standard InChI is InChI=1S/C20H18ClN5O2/c21-15-6-4-14(5-7-15)16-13-23-20(28-16)9-8-19(27)22-11-10-18-25-24-17-3-1-2-12-26(17)18/h1-7,12-13H,8-11H2,(H,22,27). The first kappa shape index (κ1) is 18.2. The van der Waals surface area contributed by atoms with Gasteiger partial charge in [0, 0.05) is 42.6 Å². The molecule has 0 aliphatic rings.